The molecule has 0 unspecified atom stereocenters. The number of H-pyrrole nitrogens is 1. The molecular formula is C19H21N3O3. The van der Waals surface area contributed by atoms with Crippen LogP contribution in [-0.4, -0.2) is 28.4 Å². The fourth-order valence-electron chi connectivity index (χ4n) is 2.47. The lowest BCUT2D eigenvalue weighted by atomic mass is 10.0. The van der Waals surface area contributed by atoms with E-state index in [1.54, 1.807) is 0 Å². The Morgan fingerprint density at radius 2 is 1.80 bits per heavy atom. The number of nitrogens with zero attached hydrogens (tertiary/aromatic N) is 1. The van der Waals surface area contributed by atoms with Gasteiger partial charge in [-0.15, -0.1) is 0 Å². The largest absolute Gasteiger partial charge is 0.482 e. The van der Waals surface area contributed by atoms with Crippen molar-refractivity contribution in [2.24, 2.45) is 0 Å². The van der Waals surface area contributed by atoms with Crippen molar-refractivity contribution in [1.29, 1.82) is 0 Å². The highest BCUT2D eigenvalue weighted by atomic mass is 16.6. The molecule has 6 nitrogen and oxygen atoms in total. The lowest BCUT2D eigenvalue weighted by Crippen LogP contribution is -2.27. The van der Waals surface area contributed by atoms with Crippen molar-refractivity contribution in [2.45, 2.75) is 26.4 Å². The van der Waals surface area contributed by atoms with Gasteiger partial charge < -0.3 is 15.2 Å². The predicted octanol–water partition coefficient (Wildman–Crippen LogP) is 3.53. The van der Waals surface area contributed by atoms with Gasteiger partial charge in [0.15, 0.2) is 12.4 Å². The second-order valence-corrected chi connectivity index (χ2v) is 6.77. The third-order valence-corrected chi connectivity index (χ3v) is 3.56. The first-order chi connectivity index (χ1) is 11.8. The van der Waals surface area contributed by atoms with Crippen LogP contribution in [0.3, 0.4) is 0 Å². The van der Waals surface area contributed by atoms with E-state index in [2.05, 4.69) is 10.2 Å². The number of fused-ring (bicyclic) bond motifs is 1. The molecule has 0 aliphatic carbocycles. The molecule has 0 amide bonds. The van der Waals surface area contributed by atoms with Crippen LogP contribution in [0.1, 0.15) is 20.8 Å². The molecule has 3 aromatic rings. The Hall–Kier alpha value is -3.02. The zero-order valence-corrected chi connectivity index (χ0v) is 14.5. The summed E-state index contributed by atoms with van der Waals surface area (Å²) in [5.74, 6) is 0.699. The summed E-state index contributed by atoms with van der Waals surface area (Å²) in [4.78, 5) is 11.7. The number of benzene rings is 2. The van der Waals surface area contributed by atoms with E-state index in [1.165, 1.54) is 0 Å². The Labute approximate surface area is 145 Å². The SMILES string of the molecule is CC(C)(C)OC(=O)COc1ccc(-c2ccc3[nH]nc(N)c3c2)cc1. The molecule has 25 heavy (non-hydrogen) atoms. The average molecular weight is 339 g/mol. The van der Waals surface area contributed by atoms with Gasteiger partial charge in [-0.2, -0.15) is 5.10 Å². The van der Waals surface area contributed by atoms with E-state index in [1.807, 2.05) is 63.2 Å². The normalized spacial score (nSPS) is 11.5. The minimum atomic E-state index is -0.516. The molecule has 3 N–H and O–H groups in total. The van der Waals surface area contributed by atoms with Crippen LogP contribution in [-0.2, 0) is 9.53 Å². The van der Waals surface area contributed by atoms with Crippen LogP contribution in [0.2, 0.25) is 0 Å². The molecule has 1 aromatic heterocycles. The summed E-state index contributed by atoms with van der Waals surface area (Å²) in [6, 6.07) is 13.4. The number of nitrogens with one attached hydrogen (secondary N) is 1. The molecule has 6 heteroatoms. The molecule has 0 saturated heterocycles. The van der Waals surface area contributed by atoms with Gasteiger partial charge in [0.2, 0.25) is 0 Å². The van der Waals surface area contributed by atoms with Gasteiger partial charge in [-0.05, 0) is 56.2 Å². The third kappa shape index (κ3) is 4.09. The Balaban J connectivity index is 1.69. The molecule has 130 valence electrons. The Morgan fingerprint density at radius 3 is 2.48 bits per heavy atom. The van der Waals surface area contributed by atoms with E-state index in [-0.39, 0.29) is 6.61 Å². The minimum absolute atomic E-state index is 0.117. The predicted molar refractivity (Wildman–Crippen MR) is 97.3 cm³/mol. The molecule has 0 spiro atoms. The number of nitrogens with two attached hydrogens (primary N) is 1. The van der Waals surface area contributed by atoms with Gasteiger partial charge in [0, 0.05) is 5.39 Å². The van der Waals surface area contributed by atoms with Crippen LogP contribution in [0.5, 0.6) is 5.75 Å². The lowest BCUT2D eigenvalue weighted by molar-refractivity contribution is -0.157. The second-order valence-electron chi connectivity index (χ2n) is 6.77. The average Bonchev–Trinajstić information content (AvgIpc) is 2.93. The molecular weight excluding hydrogens is 318 g/mol. The molecule has 0 saturated carbocycles. The number of anilines is 1. The van der Waals surface area contributed by atoms with Crippen molar-refractivity contribution >= 4 is 22.7 Å². The molecule has 0 atom stereocenters. The maximum atomic E-state index is 11.7. The topological polar surface area (TPSA) is 90.2 Å². The van der Waals surface area contributed by atoms with E-state index in [4.69, 9.17) is 15.2 Å². The molecule has 0 bridgehead atoms. The summed E-state index contributed by atoms with van der Waals surface area (Å²) in [6.45, 7) is 5.35. The van der Waals surface area contributed by atoms with E-state index < -0.39 is 11.6 Å². The molecule has 2 aromatic carbocycles. The zero-order chi connectivity index (χ0) is 18.0. The summed E-state index contributed by atoms with van der Waals surface area (Å²) in [6.07, 6.45) is 0. The van der Waals surface area contributed by atoms with Gasteiger partial charge in [0.25, 0.3) is 0 Å². The van der Waals surface area contributed by atoms with Crippen molar-refractivity contribution in [1.82, 2.24) is 10.2 Å². The summed E-state index contributed by atoms with van der Waals surface area (Å²) in [5, 5.41) is 7.77. The van der Waals surface area contributed by atoms with E-state index >= 15 is 0 Å². The second kappa shape index (κ2) is 6.47. The number of hydrogen-bond acceptors (Lipinski definition) is 5. The standard InChI is InChI=1S/C19H21N3O3/c1-19(2,3)25-17(23)11-24-14-7-4-12(5-8-14)13-6-9-16-15(10-13)18(20)22-21-16/h4-10H,11H2,1-3H3,(H3,20,21,22). The first-order valence-electron chi connectivity index (χ1n) is 8.00. The molecule has 0 aliphatic heterocycles. The summed E-state index contributed by atoms with van der Waals surface area (Å²) in [5.41, 5.74) is 8.29. The maximum absolute atomic E-state index is 11.7. The number of nitrogen functional groups attached to an aromatic ring is 1. The quantitative estimate of drug-likeness (QED) is 0.710. The number of ether oxygens (including phenoxy) is 2. The first kappa shape index (κ1) is 16.8. The fraction of sp³-hybridized carbons (Fsp3) is 0.263. The Morgan fingerprint density at radius 1 is 1.12 bits per heavy atom. The van der Waals surface area contributed by atoms with E-state index in [0.717, 1.165) is 22.0 Å². The summed E-state index contributed by atoms with van der Waals surface area (Å²) >= 11 is 0. The third-order valence-electron chi connectivity index (χ3n) is 3.56. The van der Waals surface area contributed by atoms with Crippen LogP contribution < -0.4 is 10.5 Å². The fourth-order valence-corrected chi connectivity index (χ4v) is 2.47. The van der Waals surface area contributed by atoms with Crippen LogP contribution in [0, 0.1) is 0 Å². The highest BCUT2D eigenvalue weighted by Gasteiger charge is 2.16. The van der Waals surface area contributed by atoms with Gasteiger partial charge in [-0.3, -0.25) is 5.10 Å². The number of esters is 1. The van der Waals surface area contributed by atoms with Gasteiger partial charge >= 0.3 is 5.97 Å². The highest BCUT2D eigenvalue weighted by molar-refractivity contribution is 5.92. The van der Waals surface area contributed by atoms with Gasteiger partial charge in [0.05, 0.1) is 5.52 Å². The van der Waals surface area contributed by atoms with Crippen LogP contribution in [0.15, 0.2) is 42.5 Å². The number of rotatable bonds is 4. The van der Waals surface area contributed by atoms with Crippen molar-refractivity contribution in [3.8, 4) is 16.9 Å². The summed E-state index contributed by atoms with van der Waals surface area (Å²) in [7, 11) is 0. The first-order valence-corrected chi connectivity index (χ1v) is 8.00. The number of aromatic nitrogens is 2. The van der Waals surface area contributed by atoms with Gasteiger partial charge in [-0.25, -0.2) is 4.79 Å². The van der Waals surface area contributed by atoms with E-state index in [9.17, 15) is 4.79 Å². The monoisotopic (exact) mass is 339 g/mol. The van der Waals surface area contributed by atoms with Crippen LogP contribution in [0.4, 0.5) is 5.82 Å². The Bertz CT molecular complexity index is 892. The molecule has 3 rings (SSSR count). The van der Waals surface area contributed by atoms with Crippen molar-refractivity contribution in [3.63, 3.8) is 0 Å². The number of aromatic amines is 1. The molecule has 0 radical (unpaired) electrons. The van der Waals surface area contributed by atoms with Crippen LogP contribution >= 0.6 is 0 Å². The van der Waals surface area contributed by atoms with Crippen molar-refractivity contribution in [3.05, 3.63) is 42.5 Å². The highest BCUT2D eigenvalue weighted by Crippen LogP contribution is 2.27. The number of carbonyl (C=O) groups is 1. The van der Waals surface area contributed by atoms with Crippen LogP contribution in [0.25, 0.3) is 22.0 Å². The van der Waals surface area contributed by atoms with Crippen molar-refractivity contribution < 1.29 is 14.3 Å². The van der Waals surface area contributed by atoms with Gasteiger partial charge in [-0.1, -0.05) is 18.2 Å². The smallest absolute Gasteiger partial charge is 0.344 e. The number of hydrogen-bond donors (Lipinski definition) is 2. The lowest BCUT2D eigenvalue weighted by Gasteiger charge is -2.19. The summed E-state index contributed by atoms with van der Waals surface area (Å²) < 4.78 is 10.7. The number of carbonyl (C=O) groups excluding carboxylic acids is 1. The molecule has 0 fully saturated rings. The maximum Gasteiger partial charge on any atom is 0.344 e. The Kier molecular flexibility index (Phi) is 4.35. The minimum Gasteiger partial charge on any atom is -0.482 e. The molecule has 0 aliphatic rings. The van der Waals surface area contributed by atoms with Gasteiger partial charge in [0.1, 0.15) is 11.4 Å². The van der Waals surface area contributed by atoms with Crippen molar-refractivity contribution in [2.75, 3.05) is 12.3 Å². The zero-order valence-electron chi connectivity index (χ0n) is 14.5. The van der Waals surface area contributed by atoms with E-state index in [0.29, 0.717) is 11.6 Å². The molecule has 1 heterocycles.